The van der Waals surface area contributed by atoms with E-state index in [0.29, 0.717) is 22.2 Å². The molecular weight excluding hydrogens is 315 g/mol. The summed E-state index contributed by atoms with van der Waals surface area (Å²) >= 11 is 11.9. The largest absolute Gasteiger partial charge is 0.306 e. The van der Waals surface area contributed by atoms with Crippen molar-refractivity contribution in [1.29, 1.82) is 0 Å². The van der Waals surface area contributed by atoms with Crippen LogP contribution in [0.1, 0.15) is 30.5 Å². The molecule has 0 heterocycles. The highest BCUT2D eigenvalue weighted by Gasteiger charge is 2.21. The highest BCUT2D eigenvalue weighted by Crippen LogP contribution is 2.31. The van der Waals surface area contributed by atoms with Crippen LogP contribution in [0.2, 0.25) is 10.0 Å². The van der Waals surface area contributed by atoms with Crippen molar-refractivity contribution in [1.82, 2.24) is 5.32 Å². The van der Waals surface area contributed by atoms with Crippen molar-refractivity contribution < 1.29 is 8.78 Å². The normalized spacial score (nSPS) is 12.4. The molecular formula is C16H15Cl2F2N. The van der Waals surface area contributed by atoms with Crippen molar-refractivity contribution in [2.45, 2.75) is 19.4 Å². The summed E-state index contributed by atoms with van der Waals surface area (Å²) < 4.78 is 28.1. The molecule has 5 heteroatoms. The molecule has 1 N–H and O–H groups in total. The number of benzene rings is 2. The Morgan fingerprint density at radius 3 is 2.29 bits per heavy atom. The lowest BCUT2D eigenvalue weighted by Gasteiger charge is -2.21. The van der Waals surface area contributed by atoms with Crippen molar-refractivity contribution in [2.75, 3.05) is 6.54 Å². The van der Waals surface area contributed by atoms with Gasteiger partial charge in [0.25, 0.3) is 0 Å². The maximum absolute atomic E-state index is 14.1. The molecule has 1 nitrogen and oxygen atoms in total. The van der Waals surface area contributed by atoms with Crippen LogP contribution in [0.15, 0.2) is 36.4 Å². The second-order valence-electron chi connectivity index (χ2n) is 4.70. The lowest BCUT2D eigenvalue weighted by atomic mass is 9.97. The average Bonchev–Trinajstić information content (AvgIpc) is 2.45. The van der Waals surface area contributed by atoms with Gasteiger partial charge in [-0.3, -0.25) is 0 Å². The van der Waals surface area contributed by atoms with E-state index in [9.17, 15) is 8.78 Å². The zero-order valence-electron chi connectivity index (χ0n) is 11.5. The van der Waals surface area contributed by atoms with Crippen molar-refractivity contribution in [3.8, 4) is 0 Å². The van der Waals surface area contributed by atoms with Crippen LogP contribution in [-0.4, -0.2) is 6.54 Å². The maximum Gasteiger partial charge on any atom is 0.131 e. The van der Waals surface area contributed by atoms with E-state index in [2.05, 4.69) is 5.32 Å². The highest BCUT2D eigenvalue weighted by molar-refractivity contribution is 6.42. The Labute approximate surface area is 132 Å². The Balaban J connectivity index is 2.49. The van der Waals surface area contributed by atoms with Crippen LogP contribution >= 0.6 is 23.2 Å². The summed E-state index contributed by atoms with van der Waals surface area (Å²) in [4.78, 5) is 0. The Morgan fingerprint density at radius 1 is 1.05 bits per heavy atom. The fourth-order valence-electron chi connectivity index (χ4n) is 2.15. The van der Waals surface area contributed by atoms with Gasteiger partial charge in [0, 0.05) is 5.56 Å². The second-order valence-corrected chi connectivity index (χ2v) is 5.51. The third kappa shape index (κ3) is 3.73. The zero-order chi connectivity index (χ0) is 15.4. The molecule has 0 saturated heterocycles. The minimum absolute atomic E-state index is 0.00987. The number of rotatable bonds is 5. The summed E-state index contributed by atoms with van der Waals surface area (Å²) in [6.07, 6.45) is 0.841. The van der Waals surface area contributed by atoms with Gasteiger partial charge in [-0.1, -0.05) is 42.3 Å². The van der Waals surface area contributed by atoms with Gasteiger partial charge >= 0.3 is 0 Å². The lowest BCUT2D eigenvalue weighted by Crippen LogP contribution is -2.25. The molecule has 0 radical (unpaired) electrons. The number of hydrogen-bond acceptors (Lipinski definition) is 1. The molecule has 2 aromatic rings. The van der Waals surface area contributed by atoms with Crippen LogP contribution in [0.3, 0.4) is 0 Å². The summed E-state index contributed by atoms with van der Waals surface area (Å²) in [6, 6.07) is 8.20. The topological polar surface area (TPSA) is 12.0 Å². The fraction of sp³-hybridized carbons (Fsp3) is 0.250. The molecule has 2 rings (SSSR count). The average molecular weight is 330 g/mol. The summed E-state index contributed by atoms with van der Waals surface area (Å²) in [7, 11) is 0. The molecule has 0 fully saturated rings. The third-order valence-corrected chi connectivity index (χ3v) is 3.90. The Bertz CT molecular complexity index is 611. The van der Waals surface area contributed by atoms with E-state index < -0.39 is 17.7 Å². The molecule has 1 atom stereocenters. The number of hydrogen-bond donors (Lipinski definition) is 1. The summed E-state index contributed by atoms with van der Waals surface area (Å²) in [5.41, 5.74) is 0.659. The van der Waals surface area contributed by atoms with E-state index in [0.717, 1.165) is 6.42 Å². The standard InChI is InChI=1S/C16H15Cl2F2N/c1-2-8-21-16(10-6-7-11(17)12(18)9-10)15-13(19)4-3-5-14(15)20/h3-7,9,16,21H,2,8H2,1H3. The molecule has 0 spiro atoms. The minimum Gasteiger partial charge on any atom is -0.306 e. The lowest BCUT2D eigenvalue weighted by molar-refractivity contribution is 0.503. The van der Waals surface area contributed by atoms with E-state index in [1.165, 1.54) is 18.2 Å². The van der Waals surface area contributed by atoms with Gasteiger partial charge < -0.3 is 5.32 Å². The molecule has 0 amide bonds. The van der Waals surface area contributed by atoms with Gasteiger partial charge in [0.2, 0.25) is 0 Å². The molecule has 0 aliphatic rings. The Morgan fingerprint density at radius 2 is 1.71 bits per heavy atom. The molecule has 21 heavy (non-hydrogen) atoms. The Kier molecular flexibility index (Phi) is 5.57. The first-order valence-electron chi connectivity index (χ1n) is 6.66. The van der Waals surface area contributed by atoms with Gasteiger partial charge in [0.05, 0.1) is 16.1 Å². The van der Waals surface area contributed by atoms with E-state index in [1.807, 2.05) is 6.92 Å². The predicted octanol–water partition coefficient (Wildman–Crippen LogP) is 5.36. The van der Waals surface area contributed by atoms with Crippen molar-refractivity contribution >= 4 is 23.2 Å². The van der Waals surface area contributed by atoms with Crippen LogP contribution in [0.25, 0.3) is 0 Å². The molecule has 0 saturated carbocycles. The van der Waals surface area contributed by atoms with E-state index in [4.69, 9.17) is 23.2 Å². The molecule has 2 aromatic carbocycles. The third-order valence-electron chi connectivity index (χ3n) is 3.16. The molecule has 112 valence electrons. The molecule has 1 unspecified atom stereocenters. The minimum atomic E-state index is -0.610. The predicted molar refractivity (Wildman–Crippen MR) is 83.0 cm³/mol. The summed E-state index contributed by atoms with van der Waals surface area (Å²) in [5.74, 6) is -1.18. The number of halogens is 4. The smallest absolute Gasteiger partial charge is 0.131 e. The van der Waals surface area contributed by atoms with Crippen molar-refractivity contribution in [3.05, 3.63) is 69.2 Å². The van der Waals surface area contributed by atoms with Crippen molar-refractivity contribution in [2.24, 2.45) is 0 Å². The summed E-state index contributed by atoms with van der Waals surface area (Å²) in [6.45, 7) is 2.61. The van der Waals surface area contributed by atoms with E-state index in [-0.39, 0.29) is 5.56 Å². The van der Waals surface area contributed by atoms with Crippen LogP contribution in [-0.2, 0) is 0 Å². The van der Waals surface area contributed by atoms with E-state index in [1.54, 1.807) is 18.2 Å². The fourth-order valence-corrected chi connectivity index (χ4v) is 2.46. The van der Waals surface area contributed by atoms with Crippen LogP contribution in [0.5, 0.6) is 0 Å². The molecule has 0 bridgehead atoms. The first-order chi connectivity index (χ1) is 10.0. The van der Waals surface area contributed by atoms with Gasteiger partial charge in [-0.25, -0.2) is 8.78 Å². The van der Waals surface area contributed by atoms with Crippen LogP contribution in [0, 0.1) is 11.6 Å². The highest BCUT2D eigenvalue weighted by atomic mass is 35.5. The molecule has 0 aliphatic heterocycles. The quantitative estimate of drug-likeness (QED) is 0.778. The molecule has 0 aliphatic carbocycles. The summed E-state index contributed by atoms with van der Waals surface area (Å²) in [5, 5.41) is 3.91. The van der Waals surface area contributed by atoms with Gasteiger partial charge in [-0.2, -0.15) is 0 Å². The molecule has 0 aromatic heterocycles. The van der Waals surface area contributed by atoms with Crippen LogP contribution in [0.4, 0.5) is 8.78 Å². The SMILES string of the molecule is CCCNC(c1ccc(Cl)c(Cl)c1)c1c(F)cccc1F. The van der Waals surface area contributed by atoms with Gasteiger partial charge in [-0.15, -0.1) is 0 Å². The van der Waals surface area contributed by atoms with Gasteiger partial charge in [-0.05, 0) is 42.8 Å². The monoisotopic (exact) mass is 329 g/mol. The zero-order valence-corrected chi connectivity index (χ0v) is 13.0. The van der Waals surface area contributed by atoms with Crippen LogP contribution < -0.4 is 5.32 Å². The van der Waals surface area contributed by atoms with Gasteiger partial charge in [0.1, 0.15) is 11.6 Å². The van der Waals surface area contributed by atoms with Crippen molar-refractivity contribution in [3.63, 3.8) is 0 Å². The maximum atomic E-state index is 14.1. The first-order valence-corrected chi connectivity index (χ1v) is 7.42. The van der Waals surface area contributed by atoms with Gasteiger partial charge in [0.15, 0.2) is 0 Å². The first kappa shape index (κ1) is 16.2. The second kappa shape index (κ2) is 7.21. The van der Waals surface area contributed by atoms with E-state index >= 15 is 0 Å². The number of nitrogens with one attached hydrogen (secondary N) is 1. The Hall–Kier alpha value is -1.16.